The Bertz CT molecular complexity index is 1110. The summed E-state index contributed by atoms with van der Waals surface area (Å²) in [6.07, 6.45) is 64.7. The molecule has 1 amide bonds. The van der Waals surface area contributed by atoms with Crippen molar-refractivity contribution in [1.29, 1.82) is 0 Å². The van der Waals surface area contributed by atoms with Crippen molar-refractivity contribution in [2.24, 2.45) is 0 Å². The Labute approximate surface area is 404 Å². The molecule has 0 heterocycles. The monoisotopic (exact) mass is 912 g/mol. The van der Waals surface area contributed by atoms with Crippen molar-refractivity contribution < 1.29 is 24.5 Å². The van der Waals surface area contributed by atoms with Gasteiger partial charge in [-0.1, -0.05) is 268 Å². The summed E-state index contributed by atoms with van der Waals surface area (Å²) in [4.78, 5) is 26.2. The third-order valence-electron chi connectivity index (χ3n) is 12.9. The smallest absolute Gasteiger partial charge is 0.306 e. The summed E-state index contributed by atoms with van der Waals surface area (Å²) >= 11 is 0. The van der Waals surface area contributed by atoms with E-state index in [0.29, 0.717) is 19.3 Å². The van der Waals surface area contributed by atoms with E-state index in [-0.39, 0.29) is 24.9 Å². The first-order valence-corrected chi connectivity index (χ1v) is 28.4. The Morgan fingerprint density at radius 3 is 1.23 bits per heavy atom. The van der Waals surface area contributed by atoms with Crippen molar-refractivity contribution in [3.8, 4) is 0 Å². The SMILES string of the molecule is CC/C=C/C/C=C/C/C=C/C/C=C/CCCC(CC(=O)NC(CO)C(O)CCCCCCCCCCCCCCCCC)OC(=O)CCCCCCCCCCCCCCCCCCC. The number of hydrogen-bond donors (Lipinski definition) is 3. The molecule has 0 aromatic carbocycles. The van der Waals surface area contributed by atoms with Gasteiger partial charge in [-0.15, -0.1) is 0 Å². The second kappa shape index (κ2) is 52.8. The summed E-state index contributed by atoms with van der Waals surface area (Å²) in [6, 6.07) is -0.718. The fourth-order valence-electron chi connectivity index (χ4n) is 8.66. The van der Waals surface area contributed by atoms with Crippen LogP contribution in [0.25, 0.3) is 0 Å². The lowest BCUT2D eigenvalue weighted by atomic mass is 10.0. The van der Waals surface area contributed by atoms with Gasteiger partial charge in [-0.2, -0.15) is 0 Å². The van der Waals surface area contributed by atoms with Crippen LogP contribution in [0.2, 0.25) is 0 Å². The molecule has 3 unspecified atom stereocenters. The van der Waals surface area contributed by atoms with Gasteiger partial charge in [0.25, 0.3) is 0 Å². The van der Waals surface area contributed by atoms with Gasteiger partial charge in [0.05, 0.1) is 25.2 Å². The topological polar surface area (TPSA) is 95.9 Å². The number of unbranched alkanes of at least 4 members (excludes halogenated alkanes) is 31. The van der Waals surface area contributed by atoms with E-state index >= 15 is 0 Å². The molecule has 6 heteroatoms. The molecule has 6 nitrogen and oxygen atoms in total. The van der Waals surface area contributed by atoms with Crippen LogP contribution in [-0.2, 0) is 14.3 Å². The highest BCUT2D eigenvalue weighted by atomic mass is 16.5. The molecule has 0 bridgehead atoms. The Hall–Kier alpha value is -2.18. The van der Waals surface area contributed by atoms with Gasteiger partial charge in [-0.25, -0.2) is 0 Å². The molecule has 0 spiro atoms. The number of ether oxygens (including phenoxy) is 1. The minimum absolute atomic E-state index is 0.0428. The van der Waals surface area contributed by atoms with E-state index in [9.17, 15) is 19.8 Å². The normalized spacial score (nSPS) is 13.5. The average molecular weight is 913 g/mol. The highest BCUT2D eigenvalue weighted by Gasteiger charge is 2.24. The lowest BCUT2D eigenvalue weighted by Gasteiger charge is -2.24. The van der Waals surface area contributed by atoms with E-state index in [2.05, 4.69) is 74.7 Å². The number of aliphatic hydroxyl groups excluding tert-OH is 2. The molecule has 0 aromatic rings. The van der Waals surface area contributed by atoms with Crippen molar-refractivity contribution in [3.63, 3.8) is 0 Å². The van der Waals surface area contributed by atoms with Gasteiger partial charge in [0, 0.05) is 6.42 Å². The highest BCUT2D eigenvalue weighted by molar-refractivity contribution is 5.77. The molecular weight excluding hydrogens is 803 g/mol. The van der Waals surface area contributed by atoms with Crippen LogP contribution in [0, 0.1) is 0 Å². The van der Waals surface area contributed by atoms with Gasteiger partial charge in [-0.05, 0) is 57.8 Å². The van der Waals surface area contributed by atoms with Crippen LogP contribution in [-0.4, -0.2) is 46.9 Å². The predicted molar refractivity (Wildman–Crippen MR) is 282 cm³/mol. The van der Waals surface area contributed by atoms with Crippen LogP contribution in [0.1, 0.15) is 290 Å². The lowest BCUT2D eigenvalue weighted by Crippen LogP contribution is -2.46. The molecule has 0 fully saturated rings. The molecule has 3 atom stereocenters. The number of allylic oxidation sites excluding steroid dienone is 8. The van der Waals surface area contributed by atoms with Crippen molar-refractivity contribution in [1.82, 2.24) is 5.32 Å². The number of amides is 1. The van der Waals surface area contributed by atoms with Gasteiger partial charge in [0.15, 0.2) is 0 Å². The molecule has 3 N–H and O–H groups in total. The second-order valence-electron chi connectivity index (χ2n) is 19.3. The number of hydrogen-bond acceptors (Lipinski definition) is 5. The van der Waals surface area contributed by atoms with Gasteiger partial charge in [-0.3, -0.25) is 9.59 Å². The van der Waals surface area contributed by atoms with Crippen LogP contribution < -0.4 is 5.32 Å². The molecule has 0 aliphatic carbocycles. The van der Waals surface area contributed by atoms with Crippen LogP contribution in [0.5, 0.6) is 0 Å². The molecule has 0 radical (unpaired) electrons. The maximum atomic E-state index is 13.2. The average Bonchev–Trinajstić information content (AvgIpc) is 3.30. The fourth-order valence-corrected chi connectivity index (χ4v) is 8.66. The number of aliphatic hydroxyl groups is 2. The Morgan fingerprint density at radius 1 is 0.462 bits per heavy atom. The van der Waals surface area contributed by atoms with E-state index in [4.69, 9.17) is 4.74 Å². The number of carbonyl (C=O) groups excluding carboxylic acids is 2. The van der Waals surface area contributed by atoms with Crippen molar-refractivity contribution in [2.75, 3.05) is 6.61 Å². The Balaban J connectivity index is 4.57. The van der Waals surface area contributed by atoms with E-state index in [1.54, 1.807) is 0 Å². The van der Waals surface area contributed by atoms with Gasteiger partial charge >= 0.3 is 5.97 Å². The van der Waals surface area contributed by atoms with E-state index < -0.39 is 18.2 Å². The zero-order chi connectivity index (χ0) is 47.4. The van der Waals surface area contributed by atoms with Gasteiger partial charge in [0.1, 0.15) is 6.10 Å². The fraction of sp³-hybridized carbons (Fsp3) is 0.831. The summed E-state index contributed by atoms with van der Waals surface area (Å²) in [5.41, 5.74) is 0. The zero-order valence-electron chi connectivity index (χ0n) is 43.4. The molecule has 0 saturated heterocycles. The first kappa shape index (κ1) is 62.8. The quantitative estimate of drug-likeness (QED) is 0.0321. The van der Waals surface area contributed by atoms with Crippen LogP contribution in [0.15, 0.2) is 48.6 Å². The number of rotatable bonds is 51. The lowest BCUT2D eigenvalue weighted by molar-refractivity contribution is -0.151. The summed E-state index contributed by atoms with van der Waals surface area (Å²) in [7, 11) is 0. The maximum absolute atomic E-state index is 13.2. The predicted octanol–water partition coefficient (Wildman–Crippen LogP) is 17.4. The summed E-state index contributed by atoms with van der Waals surface area (Å²) < 4.78 is 5.93. The number of carbonyl (C=O) groups is 2. The minimum Gasteiger partial charge on any atom is -0.462 e. The molecule has 0 aliphatic rings. The molecular formula is C59H109NO5. The zero-order valence-corrected chi connectivity index (χ0v) is 43.4. The van der Waals surface area contributed by atoms with E-state index in [0.717, 1.165) is 77.0 Å². The van der Waals surface area contributed by atoms with Gasteiger partial charge in [0.2, 0.25) is 5.91 Å². The standard InChI is InChI=1S/C59H109NO5/c1-4-7-10-13-16-19-22-25-28-29-31-34-37-40-43-46-49-52-59(64)65-55(50-47-44-41-38-35-32-27-24-21-18-15-12-9-6-3)53-58(63)60-56(54-61)57(62)51-48-45-42-39-36-33-30-26-23-20-17-14-11-8-5-2/h9,12,18,21,27,32,38,41,55-57,61-62H,4-8,10-11,13-17,19-20,22-26,28-31,33-37,39-40,42-54H2,1-3H3,(H,60,63)/b12-9+,21-18+,32-27+,41-38+. The summed E-state index contributed by atoms with van der Waals surface area (Å²) in [5.74, 6) is -0.516. The summed E-state index contributed by atoms with van der Waals surface area (Å²) in [6.45, 7) is 6.38. The molecule has 0 aromatic heterocycles. The van der Waals surface area contributed by atoms with Crippen LogP contribution in [0.3, 0.4) is 0 Å². The van der Waals surface area contributed by atoms with Gasteiger partial charge < -0.3 is 20.3 Å². The van der Waals surface area contributed by atoms with E-state index in [1.165, 1.54) is 167 Å². The molecule has 0 rings (SSSR count). The van der Waals surface area contributed by atoms with Crippen molar-refractivity contribution >= 4 is 11.9 Å². The minimum atomic E-state index is -0.801. The first-order chi connectivity index (χ1) is 32.0. The third kappa shape index (κ3) is 48.1. The third-order valence-corrected chi connectivity index (χ3v) is 12.9. The summed E-state index contributed by atoms with van der Waals surface area (Å²) in [5, 5.41) is 23.8. The van der Waals surface area contributed by atoms with Crippen molar-refractivity contribution in [2.45, 2.75) is 309 Å². The molecule has 65 heavy (non-hydrogen) atoms. The largest absolute Gasteiger partial charge is 0.462 e. The number of esters is 1. The second-order valence-corrected chi connectivity index (χ2v) is 19.3. The van der Waals surface area contributed by atoms with Crippen LogP contribution in [0.4, 0.5) is 0 Å². The Kier molecular flexibility index (Phi) is 51.0. The maximum Gasteiger partial charge on any atom is 0.306 e. The first-order valence-electron chi connectivity index (χ1n) is 28.4. The van der Waals surface area contributed by atoms with Crippen LogP contribution >= 0.6 is 0 Å². The molecule has 0 saturated carbocycles. The highest BCUT2D eigenvalue weighted by Crippen LogP contribution is 2.18. The molecule has 380 valence electrons. The molecule has 0 aliphatic heterocycles. The van der Waals surface area contributed by atoms with E-state index in [1.807, 2.05) is 0 Å². The number of nitrogens with one attached hydrogen (secondary N) is 1. The van der Waals surface area contributed by atoms with Crippen molar-refractivity contribution in [3.05, 3.63) is 48.6 Å². The Morgan fingerprint density at radius 2 is 0.831 bits per heavy atom.